The van der Waals surface area contributed by atoms with Crippen LogP contribution in [-0.2, 0) is 9.59 Å². The minimum atomic E-state index is -0.921. The van der Waals surface area contributed by atoms with Crippen LogP contribution in [0.4, 0.5) is 0 Å². The molecule has 0 aliphatic carbocycles. The van der Waals surface area contributed by atoms with E-state index in [0.717, 1.165) is 6.42 Å². The fourth-order valence-electron chi connectivity index (χ4n) is 1.02. The van der Waals surface area contributed by atoms with Gasteiger partial charge in [0.15, 0.2) is 0 Å². The summed E-state index contributed by atoms with van der Waals surface area (Å²) in [6, 6.07) is -0.637. The van der Waals surface area contributed by atoms with E-state index >= 15 is 0 Å². The molecule has 15 heavy (non-hydrogen) atoms. The van der Waals surface area contributed by atoms with E-state index < -0.39 is 12.0 Å². The zero-order valence-corrected chi connectivity index (χ0v) is 9.89. The minimum Gasteiger partial charge on any atom is -0.480 e. The van der Waals surface area contributed by atoms with Gasteiger partial charge in [-0.25, -0.2) is 0 Å². The van der Waals surface area contributed by atoms with Crippen LogP contribution in [-0.4, -0.2) is 36.6 Å². The topological polar surface area (TPSA) is 78.4 Å². The predicted molar refractivity (Wildman–Crippen MR) is 60.3 cm³/mol. The molecule has 5 nitrogen and oxygen atoms in total. The molecule has 90 valence electrons. The van der Waals surface area contributed by atoms with Gasteiger partial charge in [-0.15, -0.1) is 12.4 Å². The molecular formula is C9H19ClN2O3. The molecule has 6 heteroatoms. The van der Waals surface area contributed by atoms with Crippen molar-refractivity contribution in [3.8, 4) is 0 Å². The van der Waals surface area contributed by atoms with E-state index in [1.807, 2.05) is 6.92 Å². The summed E-state index contributed by atoms with van der Waals surface area (Å²) in [7, 11) is 1.57. The van der Waals surface area contributed by atoms with Crippen LogP contribution in [0.2, 0.25) is 0 Å². The van der Waals surface area contributed by atoms with Crippen molar-refractivity contribution in [1.29, 1.82) is 0 Å². The van der Waals surface area contributed by atoms with Gasteiger partial charge >= 0.3 is 5.97 Å². The lowest BCUT2D eigenvalue weighted by atomic mass is 10.1. The average molecular weight is 239 g/mol. The van der Waals surface area contributed by atoms with Crippen LogP contribution in [0.5, 0.6) is 0 Å². The van der Waals surface area contributed by atoms with Crippen LogP contribution in [0.1, 0.15) is 26.2 Å². The second-order valence-corrected chi connectivity index (χ2v) is 3.07. The van der Waals surface area contributed by atoms with Gasteiger partial charge in [0.05, 0.1) is 0 Å². The average Bonchev–Trinajstić information content (AvgIpc) is 2.15. The Morgan fingerprint density at radius 2 is 2.00 bits per heavy atom. The first kappa shape index (κ1) is 16.6. The van der Waals surface area contributed by atoms with Crippen LogP contribution in [0.25, 0.3) is 0 Å². The molecule has 0 heterocycles. The van der Waals surface area contributed by atoms with Crippen molar-refractivity contribution in [1.82, 2.24) is 10.6 Å². The summed E-state index contributed by atoms with van der Waals surface area (Å²) >= 11 is 0. The quantitative estimate of drug-likeness (QED) is 0.600. The van der Waals surface area contributed by atoms with Crippen molar-refractivity contribution in [2.75, 3.05) is 13.6 Å². The SMILES string of the molecule is CCCNC(=O)CC[C@H](NC)C(=O)O.Cl. The van der Waals surface area contributed by atoms with Gasteiger partial charge in [-0.1, -0.05) is 6.92 Å². The first-order valence-electron chi connectivity index (χ1n) is 4.78. The number of carboxylic acid groups (broad SMARTS) is 1. The number of nitrogens with one attached hydrogen (secondary N) is 2. The molecule has 0 aromatic carbocycles. The molecule has 0 saturated heterocycles. The van der Waals surface area contributed by atoms with Crippen molar-refractivity contribution in [3.05, 3.63) is 0 Å². The summed E-state index contributed by atoms with van der Waals surface area (Å²) < 4.78 is 0. The van der Waals surface area contributed by atoms with E-state index in [9.17, 15) is 9.59 Å². The zero-order valence-electron chi connectivity index (χ0n) is 9.08. The first-order chi connectivity index (χ1) is 6.61. The summed E-state index contributed by atoms with van der Waals surface area (Å²) in [5, 5.41) is 14.0. The number of carboxylic acids is 1. The Bertz CT molecular complexity index is 200. The molecule has 1 atom stereocenters. The molecule has 0 saturated carbocycles. The third-order valence-electron chi connectivity index (χ3n) is 1.88. The number of hydrogen-bond donors (Lipinski definition) is 3. The molecular weight excluding hydrogens is 220 g/mol. The molecule has 0 aromatic rings. The summed E-state index contributed by atoms with van der Waals surface area (Å²) in [6.45, 7) is 2.62. The van der Waals surface area contributed by atoms with Crippen LogP contribution < -0.4 is 10.6 Å². The zero-order chi connectivity index (χ0) is 11.0. The molecule has 0 unspecified atom stereocenters. The van der Waals surface area contributed by atoms with Gasteiger partial charge in [-0.2, -0.15) is 0 Å². The van der Waals surface area contributed by atoms with E-state index in [1.165, 1.54) is 0 Å². The van der Waals surface area contributed by atoms with Gasteiger partial charge in [-0.3, -0.25) is 9.59 Å². The van der Waals surface area contributed by atoms with Crippen LogP contribution in [0.3, 0.4) is 0 Å². The number of hydrogen-bond acceptors (Lipinski definition) is 3. The van der Waals surface area contributed by atoms with E-state index in [1.54, 1.807) is 7.05 Å². The molecule has 0 fully saturated rings. The van der Waals surface area contributed by atoms with Crippen molar-refractivity contribution < 1.29 is 14.7 Å². The molecule has 0 bridgehead atoms. The predicted octanol–water partition coefficient (Wildman–Crippen LogP) is 0.387. The summed E-state index contributed by atoms with van der Waals surface area (Å²) in [4.78, 5) is 21.7. The molecule has 0 aliphatic rings. The molecule has 0 aromatic heterocycles. The lowest BCUT2D eigenvalue weighted by molar-refractivity contribution is -0.139. The van der Waals surface area contributed by atoms with Crippen LogP contribution >= 0.6 is 12.4 Å². The highest BCUT2D eigenvalue weighted by molar-refractivity contribution is 5.85. The number of amides is 1. The Morgan fingerprint density at radius 1 is 1.40 bits per heavy atom. The first-order valence-corrected chi connectivity index (χ1v) is 4.78. The Hall–Kier alpha value is -0.810. The van der Waals surface area contributed by atoms with E-state index in [2.05, 4.69) is 10.6 Å². The minimum absolute atomic E-state index is 0. The third kappa shape index (κ3) is 8.20. The Kier molecular flexibility index (Phi) is 10.8. The molecule has 0 spiro atoms. The summed E-state index contributed by atoms with van der Waals surface area (Å²) in [5.74, 6) is -1.01. The maximum Gasteiger partial charge on any atom is 0.320 e. The Balaban J connectivity index is 0. The van der Waals surface area contributed by atoms with Crippen LogP contribution in [0, 0.1) is 0 Å². The summed E-state index contributed by atoms with van der Waals surface area (Å²) in [6.07, 6.45) is 1.46. The Morgan fingerprint density at radius 3 is 2.40 bits per heavy atom. The Labute approximate surface area is 96.0 Å². The largest absolute Gasteiger partial charge is 0.480 e. The third-order valence-corrected chi connectivity index (χ3v) is 1.88. The monoisotopic (exact) mass is 238 g/mol. The number of carbonyl (C=O) groups is 2. The van der Waals surface area contributed by atoms with Gasteiger partial charge in [-0.05, 0) is 19.9 Å². The van der Waals surface area contributed by atoms with E-state index in [4.69, 9.17) is 5.11 Å². The van der Waals surface area contributed by atoms with Gasteiger partial charge in [0.1, 0.15) is 6.04 Å². The molecule has 0 radical (unpaired) electrons. The number of halogens is 1. The van der Waals surface area contributed by atoms with Gasteiger partial charge in [0.25, 0.3) is 0 Å². The second-order valence-electron chi connectivity index (χ2n) is 3.07. The molecule has 0 aliphatic heterocycles. The molecule has 0 rings (SSSR count). The lowest BCUT2D eigenvalue weighted by Crippen LogP contribution is -2.35. The fourth-order valence-corrected chi connectivity index (χ4v) is 1.02. The van der Waals surface area contributed by atoms with E-state index in [0.29, 0.717) is 13.0 Å². The van der Waals surface area contributed by atoms with Crippen molar-refractivity contribution in [2.45, 2.75) is 32.2 Å². The fraction of sp³-hybridized carbons (Fsp3) is 0.778. The van der Waals surface area contributed by atoms with Crippen molar-refractivity contribution >= 4 is 24.3 Å². The standard InChI is InChI=1S/C9H18N2O3.ClH/c1-3-6-11-8(12)5-4-7(10-2)9(13)14;/h7,10H,3-6H2,1-2H3,(H,11,12)(H,13,14);1H/t7-;/m0./s1. The number of carbonyl (C=O) groups excluding carboxylic acids is 1. The molecule has 3 N–H and O–H groups in total. The molecule has 1 amide bonds. The highest BCUT2D eigenvalue weighted by Crippen LogP contribution is 1.96. The summed E-state index contributed by atoms with van der Waals surface area (Å²) in [5.41, 5.74) is 0. The lowest BCUT2D eigenvalue weighted by Gasteiger charge is -2.10. The van der Waals surface area contributed by atoms with Crippen molar-refractivity contribution in [3.63, 3.8) is 0 Å². The van der Waals surface area contributed by atoms with Gasteiger partial charge in [0.2, 0.25) is 5.91 Å². The van der Waals surface area contributed by atoms with Gasteiger partial charge < -0.3 is 15.7 Å². The number of rotatable bonds is 7. The van der Waals surface area contributed by atoms with Crippen molar-refractivity contribution in [2.24, 2.45) is 0 Å². The highest BCUT2D eigenvalue weighted by Gasteiger charge is 2.15. The number of aliphatic carboxylic acids is 1. The highest BCUT2D eigenvalue weighted by atomic mass is 35.5. The normalized spacial score (nSPS) is 11.3. The van der Waals surface area contributed by atoms with E-state index in [-0.39, 0.29) is 24.7 Å². The second kappa shape index (κ2) is 9.73. The van der Waals surface area contributed by atoms with Gasteiger partial charge in [0, 0.05) is 13.0 Å². The number of likely N-dealkylation sites (N-methyl/N-ethyl adjacent to an activating group) is 1. The smallest absolute Gasteiger partial charge is 0.320 e. The maximum atomic E-state index is 11.1. The van der Waals surface area contributed by atoms with Crippen LogP contribution in [0.15, 0.2) is 0 Å². The maximum absolute atomic E-state index is 11.1.